The van der Waals surface area contributed by atoms with E-state index in [2.05, 4.69) is 4.99 Å². The maximum absolute atomic E-state index is 10.2. The third kappa shape index (κ3) is 2.21. The van der Waals surface area contributed by atoms with Gasteiger partial charge in [0.1, 0.15) is 5.75 Å². The van der Waals surface area contributed by atoms with Gasteiger partial charge in [0.05, 0.1) is 12.6 Å². The largest absolute Gasteiger partial charge is 0.497 e. The first-order valence-electron chi connectivity index (χ1n) is 4.34. The molecule has 0 aliphatic carbocycles. The van der Waals surface area contributed by atoms with Crippen LogP contribution < -0.4 is 4.74 Å². The van der Waals surface area contributed by atoms with Crippen LogP contribution in [0.5, 0.6) is 5.75 Å². The molecule has 0 N–H and O–H groups in total. The molecule has 3 heteroatoms. The van der Waals surface area contributed by atoms with E-state index in [1.807, 2.05) is 38.1 Å². The summed E-state index contributed by atoms with van der Waals surface area (Å²) >= 11 is 0. The summed E-state index contributed by atoms with van der Waals surface area (Å²) in [5, 5.41) is 0. The lowest BCUT2D eigenvalue weighted by Crippen LogP contribution is -2.13. The van der Waals surface area contributed by atoms with Crippen molar-refractivity contribution in [3.05, 3.63) is 29.8 Å². The Morgan fingerprint density at radius 2 is 2.14 bits per heavy atom. The maximum atomic E-state index is 10.2. The SMILES string of the molecule is COc1cccc(C(C)(C)N=C=O)c1. The summed E-state index contributed by atoms with van der Waals surface area (Å²) in [6, 6.07) is 7.49. The Bertz CT molecular complexity index is 365. The first kappa shape index (κ1) is 10.5. The molecule has 14 heavy (non-hydrogen) atoms. The van der Waals surface area contributed by atoms with Gasteiger partial charge in [0.15, 0.2) is 0 Å². The Morgan fingerprint density at radius 3 is 2.71 bits per heavy atom. The van der Waals surface area contributed by atoms with E-state index in [0.717, 1.165) is 11.3 Å². The fourth-order valence-electron chi connectivity index (χ4n) is 1.18. The van der Waals surface area contributed by atoms with Crippen molar-refractivity contribution in [2.45, 2.75) is 19.4 Å². The highest BCUT2D eigenvalue weighted by atomic mass is 16.5. The highest BCUT2D eigenvalue weighted by Crippen LogP contribution is 2.26. The molecule has 0 radical (unpaired) electrons. The average Bonchev–Trinajstić information content (AvgIpc) is 2.18. The number of benzene rings is 1. The molecular weight excluding hydrogens is 178 g/mol. The monoisotopic (exact) mass is 191 g/mol. The van der Waals surface area contributed by atoms with E-state index in [1.54, 1.807) is 13.2 Å². The molecule has 1 rings (SSSR count). The average molecular weight is 191 g/mol. The van der Waals surface area contributed by atoms with Crippen molar-refractivity contribution in [2.24, 2.45) is 4.99 Å². The summed E-state index contributed by atoms with van der Waals surface area (Å²) in [5.74, 6) is 0.761. The highest BCUT2D eigenvalue weighted by Gasteiger charge is 2.19. The van der Waals surface area contributed by atoms with Crippen LogP contribution in [0.2, 0.25) is 0 Å². The van der Waals surface area contributed by atoms with Crippen molar-refractivity contribution in [3.63, 3.8) is 0 Å². The fourth-order valence-corrected chi connectivity index (χ4v) is 1.18. The molecule has 3 nitrogen and oxygen atoms in total. The van der Waals surface area contributed by atoms with E-state index < -0.39 is 5.54 Å². The summed E-state index contributed by atoms with van der Waals surface area (Å²) in [4.78, 5) is 14.0. The Hall–Kier alpha value is -1.60. The molecular formula is C11H13NO2. The predicted molar refractivity (Wildman–Crippen MR) is 54.1 cm³/mol. The van der Waals surface area contributed by atoms with Gasteiger partial charge >= 0.3 is 0 Å². The van der Waals surface area contributed by atoms with Crippen LogP contribution in [-0.2, 0) is 10.3 Å². The topological polar surface area (TPSA) is 38.7 Å². The van der Waals surface area contributed by atoms with Gasteiger partial charge in [-0.25, -0.2) is 4.79 Å². The second-order valence-electron chi connectivity index (χ2n) is 3.49. The van der Waals surface area contributed by atoms with Crippen LogP contribution in [0.25, 0.3) is 0 Å². The Balaban J connectivity index is 3.11. The predicted octanol–water partition coefficient (Wildman–Crippen LogP) is 2.27. The summed E-state index contributed by atoms with van der Waals surface area (Å²) in [6.07, 6.45) is 1.58. The molecule has 74 valence electrons. The summed E-state index contributed by atoms with van der Waals surface area (Å²) < 4.78 is 5.09. The number of hydrogen-bond acceptors (Lipinski definition) is 3. The number of hydrogen-bond donors (Lipinski definition) is 0. The highest BCUT2D eigenvalue weighted by molar-refractivity contribution is 5.39. The lowest BCUT2D eigenvalue weighted by molar-refractivity contribution is 0.412. The number of aliphatic imine (C=N–C) groups is 1. The van der Waals surface area contributed by atoms with Crippen molar-refractivity contribution in [2.75, 3.05) is 7.11 Å². The number of isocyanates is 1. The van der Waals surface area contributed by atoms with Gasteiger partial charge in [0.2, 0.25) is 6.08 Å². The molecule has 0 aliphatic heterocycles. The van der Waals surface area contributed by atoms with Crippen molar-refractivity contribution >= 4 is 6.08 Å². The molecule has 0 aromatic heterocycles. The van der Waals surface area contributed by atoms with Gasteiger partial charge in [-0.2, -0.15) is 4.99 Å². The molecule has 0 amide bonds. The van der Waals surface area contributed by atoms with Gasteiger partial charge < -0.3 is 4.74 Å². The van der Waals surface area contributed by atoms with E-state index in [4.69, 9.17) is 4.74 Å². The number of ether oxygens (including phenoxy) is 1. The van der Waals surface area contributed by atoms with Crippen molar-refractivity contribution < 1.29 is 9.53 Å². The van der Waals surface area contributed by atoms with Crippen LogP contribution in [0.15, 0.2) is 29.3 Å². The lowest BCUT2D eigenvalue weighted by Gasteiger charge is -2.18. The van der Waals surface area contributed by atoms with E-state index >= 15 is 0 Å². The molecule has 0 heterocycles. The van der Waals surface area contributed by atoms with Crippen LogP contribution in [0.3, 0.4) is 0 Å². The fraction of sp³-hybridized carbons (Fsp3) is 0.364. The number of nitrogens with zero attached hydrogens (tertiary/aromatic N) is 1. The van der Waals surface area contributed by atoms with Gasteiger partial charge in [-0.1, -0.05) is 12.1 Å². The second-order valence-corrected chi connectivity index (χ2v) is 3.49. The minimum Gasteiger partial charge on any atom is -0.497 e. The van der Waals surface area contributed by atoms with Gasteiger partial charge in [0.25, 0.3) is 0 Å². The van der Waals surface area contributed by atoms with E-state index in [-0.39, 0.29) is 0 Å². The standard InChI is InChI=1S/C11H13NO2/c1-11(2,12-8-13)9-5-4-6-10(7-9)14-3/h4-7H,1-3H3. The quantitative estimate of drug-likeness (QED) is 0.543. The number of carbonyl (C=O) groups excluding carboxylic acids is 1. The van der Waals surface area contributed by atoms with Crippen molar-refractivity contribution in [1.29, 1.82) is 0 Å². The van der Waals surface area contributed by atoms with Gasteiger partial charge in [-0.3, -0.25) is 0 Å². The smallest absolute Gasteiger partial charge is 0.235 e. The minimum atomic E-state index is -0.545. The van der Waals surface area contributed by atoms with Crippen LogP contribution in [0, 0.1) is 0 Å². The second kappa shape index (κ2) is 4.07. The van der Waals surface area contributed by atoms with Gasteiger partial charge in [0, 0.05) is 0 Å². The van der Waals surface area contributed by atoms with Crippen LogP contribution in [0.1, 0.15) is 19.4 Å². The molecule has 0 aliphatic rings. The zero-order valence-electron chi connectivity index (χ0n) is 8.57. The summed E-state index contributed by atoms with van der Waals surface area (Å²) in [7, 11) is 1.61. The van der Waals surface area contributed by atoms with Crippen LogP contribution in [-0.4, -0.2) is 13.2 Å². The van der Waals surface area contributed by atoms with Gasteiger partial charge in [-0.15, -0.1) is 0 Å². The van der Waals surface area contributed by atoms with E-state index in [1.165, 1.54) is 0 Å². The Morgan fingerprint density at radius 1 is 1.43 bits per heavy atom. The van der Waals surface area contributed by atoms with Crippen LogP contribution in [0.4, 0.5) is 0 Å². The maximum Gasteiger partial charge on any atom is 0.235 e. The van der Waals surface area contributed by atoms with E-state index in [9.17, 15) is 4.79 Å². The minimum absolute atomic E-state index is 0.545. The van der Waals surface area contributed by atoms with Gasteiger partial charge in [-0.05, 0) is 31.5 Å². The summed E-state index contributed by atoms with van der Waals surface area (Å²) in [5.41, 5.74) is 0.385. The Kier molecular flexibility index (Phi) is 3.05. The number of methoxy groups -OCH3 is 1. The summed E-state index contributed by atoms with van der Waals surface area (Å²) in [6.45, 7) is 3.71. The lowest BCUT2D eigenvalue weighted by atomic mass is 9.95. The first-order valence-corrected chi connectivity index (χ1v) is 4.34. The molecule has 1 aromatic rings. The first-order chi connectivity index (χ1) is 6.60. The molecule has 0 saturated heterocycles. The normalized spacial score (nSPS) is 10.5. The zero-order valence-corrected chi connectivity index (χ0v) is 8.57. The number of rotatable bonds is 3. The van der Waals surface area contributed by atoms with Crippen LogP contribution >= 0.6 is 0 Å². The molecule has 0 unspecified atom stereocenters. The molecule has 0 bridgehead atoms. The molecule has 1 aromatic carbocycles. The molecule has 0 fully saturated rings. The molecule has 0 spiro atoms. The zero-order chi connectivity index (χ0) is 10.6. The Labute approximate surface area is 83.4 Å². The van der Waals surface area contributed by atoms with E-state index in [0.29, 0.717) is 0 Å². The molecule has 0 atom stereocenters. The third-order valence-corrected chi connectivity index (χ3v) is 2.10. The third-order valence-electron chi connectivity index (χ3n) is 2.10. The van der Waals surface area contributed by atoms with Crippen molar-refractivity contribution in [3.8, 4) is 5.75 Å². The molecule has 0 saturated carbocycles. The van der Waals surface area contributed by atoms with Crippen molar-refractivity contribution in [1.82, 2.24) is 0 Å².